The minimum absolute atomic E-state index is 0.0614. The highest BCUT2D eigenvalue weighted by Crippen LogP contribution is 2.34. The van der Waals surface area contributed by atoms with Crippen LogP contribution < -0.4 is 15.4 Å². The van der Waals surface area contributed by atoms with Crippen molar-refractivity contribution in [1.29, 1.82) is 0 Å². The van der Waals surface area contributed by atoms with E-state index in [1.807, 2.05) is 25.1 Å². The van der Waals surface area contributed by atoms with Crippen LogP contribution in [0.5, 0.6) is 5.88 Å². The van der Waals surface area contributed by atoms with Gasteiger partial charge in [-0.1, -0.05) is 6.07 Å². The van der Waals surface area contributed by atoms with Crippen LogP contribution in [-0.4, -0.2) is 68.9 Å². The zero-order valence-electron chi connectivity index (χ0n) is 20.0. The van der Waals surface area contributed by atoms with E-state index in [1.54, 1.807) is 18.3 Å². The zero-order valence-corrected chi connectivity index (χ0v) is 21.7. The lowest BCUT2D eigenvalue weighted by Crippen LogP contribution is -2.41. The van der Waals surface area contributed by atoms with E-state index in [1.165, 1.54) is 7.11 Å². The molecule has 1 aromatic carbocycles. The Morgan fingerprint density at radius 3 is 2.64 bits per heavy atom. The summed E-state index contributed by atoms with van der Waals surface area (Å²) in [6.07, 6.45) is 3.52. The highest BCUT2D eigenvalue weighted by molar-refractivity contribution is 7.92. The fourth-order valence-corrected chi connectivity index (χ4v) is 6.51. The van der Waals surface area contributed by atoms with Crippen molar-refractivity contribution in [2.24, 2.45) is 0 Å². The zero-order chi connectivity index (χ0) is 25.7. The molecule has 4 rings (SSSR count). The number of sulfone groups is 1. The number of nitrogens with zero attached hydrogens (tertiary/aromatic N) is 2. The van der Waals surface area contributed by atoms with Crippen molar-refractivity contribution in [1.82, 2.24) is 20.6 Å². The molecule has 1 saturated carbocycles. The lowest BCUT2D eigenvalue weighted by Gasteiger charge is -2.15. The SMILES string of the molecule is CCOc1ccc(-c2ccc3nc(C(C(=O)NCC(=O)NC4CC4)S(=O)(=O)CCOC)sc3c2)cn1. The highest BCUT2D eigenvalue weighted by atomic mass is 32.2. The minimum atomic E-state index is -3.96. The van der Waals surface area contributed by atoms with Gasteiger partial charge >= 0.3 is 0 Å². The molecule has 1 unspecified atom stereocenters. The Hall–Kier alpha value is -3.09. The summed E-state index contributed by atoms with van der Waals surface area (Å²) in [5.41, 5.74) is 2.30. The molecular weight excluding hydrogens is 504 g/mol. The molecule has 12 heteroatoms. The van der Waals surface area contributed by atoms with Crippen LogP contribution in [0.3, 0.4) is 0 Å². The lowest BCUT2D eigenvalue weighted by atomic mass is 10.1. The number of aromatic nitrogens is 2. The Morgan fingerprint density at radius 2 is 1.97 bits per heavy atom. The number of pyridine rings is 1. The maximum Gasteiger partial charge on any atom is 0.245 e. The van der Waals surface area contributed by atoms with E-state index in [-0.39, 0.29) is 35.9 Å². The number of carbonyl (C=O) groups is 2. The van der Waals surface area contributed by atoms with E-state index in [2.05, 4.69) is 20.6 Å². The number of carbonyl (C=O) groups excluding carboxylic acids is 2. The number of hydrogen-bond donors (Lipinski definition) is 2. The van der Waals surface area contributed by atoms with Gasteiger partial charge in [-0.15, -0.1) is 11.3 Å². The molecule has 3 aromatic rings. The van der Waals surface area contributed by atoms with Crippen LogP contribution in [0, 0.1) is 0 Å². The molecule has 2 amide bonds. The molecule has 36 heavy (non-hydrogen) atoms. The quantitative estimate of drug-likeness (QED) is 0.362. The first-order valence-electron chi connectivity index (χ1n) is 11.6. The second-order valence-corrected chi connectivity index (χ2v) is 11.6. The van der Waals surface area contributed by atoms with E-state index >= 15 is 0 Å². The molecule has 0 aliphatic heterocycles. The number of thiazole rings is 1. The monoisotopic (exact) mass is 532 g/mol. The second kappa shape index (κ2) is 11.3. The topological polar surface area (TPSA) is 137 Å². The van der Waals surface area contributed by atoms with Crippen molar-refractivity contribution in [3.05, 3.63) is 41.5 Å². The van der Waals surface area contributed by atoms with Gasteiger partial charge in [0, 0.05) is 31.0 Å². The van der Waals surface area contributed by atoms with Crippen LogP contribution in [0.25, 0.3) is 21.3 Å². The Bertz CT molecular complexity index is 1340. The van der Waals surface area contributed by atoms with Crippen molar-refractivity contribution < 1.29 is 27.5 Å². The van der Waals surface area contributed by atoms with Gasteiger partial charge in [-0.25, -0.2) is 18.4 Å². The Kier molecular flexibility index (Phi) is 8.17. The number of methoxy groups -OCH3 is 1. The van der Waals surface area contributed by atoms with Crippen molar-refractivity contribution in [2.45, 2.75) is 31.1 Å². The van der Waals surface area contributed by atoms with Crippen molar-refractivity contribution >= 4 is 43.2 Å². The average Bonchev–Trinajstić information content (AvgIpc) is 3.57. The van der Waals surface area contributed by atoms with Crippen LogP contribution in [0.2, 0.25) is 0 Å². The summed E-state index contributed by atoms with van der Waals surface area (Å²) < 4.78 is 37.3. The molecule has 0 radical (unpaired) electrons. The first-order chi connectivity index (χ1) is 17.3. The molecule has 192 valence electrons. The van der Waals surface area contributed by atoms with Gasteiger partial charge in [0.1, 0.15) is 5.01 Å². The van der Waals surface area contributed by atoms with Crippen molar-refractivity contribution in [3.8, 4) is 17.0 Å². The molecule has 10 nitrogen and oxygen atoms in total. The van der Waals surface area contributed by atoms with Crippen LogP contribution in [-0.2, 0) is 24.2 Å². The predicted molar refractivity (Wildman–Crippen MR) is 137 cm³/mol. The number of nitrogens with one attached hydrogen (secondary N) is 2. The van der Waals surface area contributed by atoms with Gasteiger partial charge < -0.3 is 20.1 Å². The number of amides is 2. The smallest absolute Gasteiger partial charge is 0.245 e. The first-order valence-corrected chi connectivity index (χ1v) is 14.1. The summed E-state index contributed by atoms with van der Waals surface area (Å²) in [4.78, 5) is 33.8. The maximum atomic E-state index is 13.1. The second-order valence-electron chi connectivity index (χ2n) is 8.35. The average molecular weight is 533 g/mol. The number of rotatable bonds is 12. The third-order valence-corrected chi connectivity index (χ3v) is 8.65. The van der Waals surface area contributed by atoms with Gasteiger partial charge in [0.15, 0.2) is 15.1 Å². The first kappa shape index (κ1) is 26.0. The minimum Gasteiger partial charge on any atom is -0.478 e. The van der Waals surface area contributed by atoms with Crippen LogP contribution in [0.15, 0.2) is 36.5 Å². The van der Waals surface area contributed by atoms with E-state index in [0.717, 1.165) is 40.0 Å². The molecule has 0 bridgehead atoms. The Labute approximate surface area is 213 Å². The molecule has 1 aliphatic rings. The van der Waals surface area contributed by atoms with Crippen molar-refractivity contribution in [3.63, 3.8) is 0 Å². The molecular formula is C24H28N4O6S2. The number of benzene rings is 1. The van der Waals surface area contributed by atoms with Crippen LogP contribution >= 0.6 is 11.3 Å². The maximum absolute atomic E-state index is 13.1. The summed E-state index contributed by atoms with van der Waals surface area (Å²) >= 11 is 1.13. The molecule has 2 N–H and O–H groups in total. The molecule has 0 spiro atoms. The highest BCUT2D eigenvalue weighted by Gasteiger charge is 2.37. The van der Waals surface area contributed by atoms with Crippen LogP contribution in [0.1, 0.15) is 30.0 Å². The number of ether oxygens (including phenoxy) is 2. The van der Waals surface area contributed by atoms with Crippen molar-refractivity contribution in [2.75, 3.05) is 32.6 Å². The fourth-order valence-electron chi connectivity index (χ4n) is 3.53. The largest absolute Gasteiger partial charge is 0.478 e. The van der Waals surface area contributed by atoms with E-state index in [4.69, 9.17) is 9.47 Å². The summed E-state index contributed by atoms with van der Waals surface area (Å²) in [6, 6.07) is 9.33. The predicted octanol–water partition coefficient (Wildman–Crippen LogP) is 2.25. The summed E-state index contributed by atoms with van der Waals surface area (Å²) in [6.45, 7) is 2.05. The van der Waals surface area contributed by atoms with Crippen LogP contribution in [0.4, 0.5) is 0 Å². The number of fused-ring (bicyclic) bond motifs is 1. The van der Waals surface area contributed by atoms with E-state index in [9.17, 15) is 18.0 Å². The van der Waals surface area contributed by atoms with E-state index < -0.39 is 21.0 Å². The van der Waals surface area contributed by atoms with Gasteiger partial charge in [0.2, 0.25) is 17.7 Å². The van der Waals surface area contributed by atoms with Gasteiger partial charge in [-0.2, -0.15) is 0 Å². The molecule has 1 fully saturated rings. The van der Waals surface area contributed by atoms with E-state index in [0.29, 0.717) is 18.0 Å². The normalized spacial score (nSPS) is 14.4. The van der Waals surface area contributed by atoms with Gasteiger partial charge in [-0.3, -0.25) is 9.59 Å². The van der Waals surface area contributed by atoms with Gasteiger partial charge in [0.25, 0.3) is 0 Å². The molecule has 1 atom stereocenters. The third kappa shape index (κ3) is 6.37. The molecule has 2 aromatic heterocycles. The van der Waals surface area contributed by atoms with Gasteiger partial charge in [-0.05, 0) is 43.5 Å². The summed E-state index contributed by atoms with van der Waals surface area (Å²) in [7, 11) is -2.57. The summed E-state index contributed by atoms with van der Waals surface area (Å²) in [5, 5.41) is 3.83. The summed E-state index contributed by atoms with van der Waals surface area (Å²) in [5.74, 6) is -0.957. The number of hydrogen-bond acceptors (Lipinski definition) is 9. The molecule has 1 aliphatic carbocycles. The lowest BCUT2D eigenvalue weighted by molar-refractivity contribution is -0.126. The molecule has 2 heterocycles. The Balaban J connectivity index is 1.60. The standard InChI is InChI=1S/C24H28N4O6S2/c1-3-34-21-9-5-16(13-25-21)15-4-8-18-19(12-15)35-24(28-18)22(36(31,32)11-10-33-2)23(30)26-14-20(29)27-17-6-7-17/h4-5,8-9,12-13,17,22H,3,6-7,10-11,14H2,1-2H3,(H,26,30)(H,27,29). The third-order valence-electron chi connectivity index (χ3n) is 5.53. The fraction of sp³-hybridized carbons (Fsp3) is 0.417. The van der Waals surface area contributed by atoms with Gasteiger partial charge in [0.05, 0.1) is 35.7 Å². The molecule has 0 saturated heterocycles. The Morgan fingerprint density at radius 1 is 1.19 bits per heavy atom.